The van der Waals surface area contributed by atoms with Crippen molar-refractivity contribution in [2.24, 2.45) is 0 Å². The summed E-state index contributed by atoms with van der Waals surface area (Å²) >= 11 is 0. The molecular weight excluding hydrogens is 392 g/mol. The summed E-state index contributed by atoms with van der Waals surface area (Å²) in [6, 6.07) is 8.81. The molecule has 0 spiro atoms. The van der Waals surface area contributed by atoms with Crippen LogP contribution in [0.25, 0.3) is 0 Å². The zero-order valence-electron chi connectivity index (χ0n) is 16.9. The first kappa shape index (κ1) is 21.0. The van der Waals surface area contributed by atoms with Gasteiger partial charge < -0.3 is 25.0 Å². The summed E-state index contributed by atoms with van der Waals surface area (Å²) in [4.78, 5) is 0. The molecule has 0 aromatic heterocycles. The first-order chi connectivity index (χ1) is 14.3. The van der Waals surface area contributed by atoms with Gasteiger partial charge in [0.05, 0.1) is 0 Å². The number of nitrogens with one attached hydrogen (secondary N) is 1. The van der Waals surface area contributed by atoms with Crippen LogP contribution in [0.1, 0.15) is 30.9 Å². The molecule has 3 N–H and O–H groups in total. The van der Waals surface area contributed by atoms with Crippen molar-refractivity contribution in [3.8, 4) is 11.5 Å². The first-order valence-corrected chi connectivity index (χ1v) is 10.3. The maximum Gasteiger partial charge on any atom is 0.133 e. The average Bonchev–Trinajstić information content (AvgIpc) is 2.73. The predicted octanol–water partition coefficient (Wildman–Crippen LogP) is 2.75. The van der Waals surface area contributed by atoms with Crippen molar-refractivity contribution in [3.63, 3.8) is 0 Å². The average molecular weight is 419 g/mol. The molecule has 2 heterocycles. The summed E-state index contributed by atoms with van der Waals surface area (Å²) in [5.41, 5.74) is 0.815. The summed E-state index contributed by atoms with van der Waals surface area (Å²) in [5.74, 6) is 0.605. The molecule has 0 saturated carbocycles. The number of aliphatic hydroxyl groups excluding tert-OH is 2. The van der Waals surface area contributed by atoms with E-state index in [2.05, 4.69) is 5.32 Å². The summed E-state index contributed by atoms with van der Waals surface area (Å²) in [6.07, 6.45) is 0.459. The molecule has 0 fully saturated rings. The number of rotatable bonds is 6. The van der Waals surface area contributed by atoms with E-state index in [9.17, 15) is 19.0 Å². The van der Waals surface area contributed by atoms with Crippen LogP contribution in [0, 0.1) is 11.6 Å². The lowest BCUT2D eigenvalue weighted by molar-refractivity contribution is -0.0551. The number of halogens is 2. The summed E-state index contributed by atoms with van der Waals surface area (Å²) in [6.45, 7) is 2.32. The van der Waals surface area contributed by atoms with Gasteiger partial charge in [-0.2, -0.15) is 0 Å². The maximum atomic E-state index is 13.4. The van der Waals surface area contributed by atoms with Gasteiger partial charge in [-0.15, -0.1) is 0 Å². The quantitative estimate of drug-likeness (QED) is 0.672. The summed E-state index contributed by atoms with van der Waals surface area (Å²) < 4.78 is 38.5. The van der Waals surface area contributed by atoms with Gasteiger partial charge in [-0.3, -0.25) is 0 Å². The fourth-order valence-corrected chi connectivity index (χ4v) is 4.13. The molecule has 4 rings (SSSR count). The SMILES string of the molecule is CC1(C(O)CNCC(O)C2CCc3cc(F)ccc3O2)CCc2cc(F)ccc2O1. The highest BCUT2D eigenvalue weighted by Gasteiger charge is 2.38. The minimum atomic E-state index is -0.807. The van der Waals surface area contributed by atoms with Crippen LogP contribution in [-0.4, -0.2) is 47.2 Å². The fraction of sp³-hybridized carbons (Fsp3) is 0.478. The minimum Gasteiger partial charge on any atom is -0.487 e. The van der Waals surface area contributed by atoms with Crippen LogP contribution < -0.4 is 14.8 Å². The van der Waals surface area contributed by atoms with Crippen LogP contribution >= 0.6 is 0 Å². The number of hydrogen-bond donors (Lipinski definition) is 3. The molecule has 5 nitrogen and oxygen atoms in total. The van der Waals surface area contributed by atoms with E-state index in [0.29, 0.717) is 37.2 Å². The van der Waals surface area contributed by atoms with Gasteiger partial charge in [-0.05, 0) is 80.1 Å². The zero-order chi connectivity index (χ0) is 21.3. The van der Waals surface area contributed by atoms with Gasteiger partial charge in [-0.25, -0.2) is 8.78 Å². The van der Waals surface area contributed by atoms with Gasteiger partial charge >= 0.3 is 0 Å². The number of aryl methyl sites for hydroxylation is 2. The van der Waals surface area contributed by atoms with E-state index in [1.807, 2.05) is 6.92 Å². The highest BCUT2D eigenvalue weighted by molar-refractivity contribution is 5.37. The standard InChI is InChI=1S/C23H27F2NO4/c1-23(9-8-15-11-17(25)4-7-20(15)30-23)22(28)13-26-12-18(27)21-5-2-14-10-16(24)3-6-19(14)29-21/h3-4,6-7,10-11,18,21-22,26-28H,2,5,8-9,12-13H2,1H3. The zero-order valence-corrected chi connectivity index (χ0v) is 16.9. The van der Waals surface area contributed by atoms with E-state index in [-0.39, 0.29) is 24.7 Å². The molecule has 2 aromatic carbocycles. The number of fused-ring (bicyclic) bond motifs is 2. The van der Waals surface area contributed by atoms with Crippen molar-refractivity contribution in [2.45, 2.75) is 56.5 Å². The van der Waals surface area contributed by atoms with Gasteiger partial charge in [-0.1, -0.05) is 0 Å². The molecule has 0 saturated heterocycles. The molecule has 2 aliphatic rings. The van der Waals surface area contributed by atoms with Crippen LogP contribution in [0.4, 0.5) is 8.78 Å². The molecule has 4 unspecified atom stereocenters. The van der Waals surface area contributed by atoms with Crippen LogP contribution in [0.15, 0.2) is 36.4 Å². The van der Waals surface area contributed by atoms with Crippen LogP contribution in [0.3, 0.4) is 0 Å². The lowest BCUT2D eigenvalue weighted by atomic mass is 9.87. The van der Waals surface area contributed by atoms with E-state index in [1.54, 1.807) is 12.1 Å². The number of ether oxygens (including phenoxy) is 2. The van der Waals surface area contributed by atoms with Crippen LogP contribution in [0.5, 0.6) is 11.5 Å². The second-order valence-electron chi connectivity index (χ2n) is 8.36. The molecule has 2 aliphatic heterocycles. The smallest absolute Gasteiger partial charge is 0.133 e. The lowest BCUT2D eigenvalue weighted by Gasteiger charge is -2.39. The second-order valence-corrected chi connectivity index (χ2v) is 8.36. The Morgan fingerprint density at radius 3 is 2.43 bits per heavy atom. The Bertz CT molecular complexity index is 909. The van der Waals surface area contributed by atoms with Gasteiger partial charge in [0, 0.05) is 13.1 Å². The van der Waals surface area contributed by atoms with Crippen molar-refractivity contribution in [1.29, 1.82) is 0 Å². The van der Waals surface area contributed by atoms with Crippen molar-refractivity contribution < 1.29 is 28.5 Å². The maximum absolute atomic E-state index is 13.4. The van der Waals surface area contributed by atoms with E-state index in [1.165, 1.54) is 24.3 Å². The van der Waals surface area contributed by atoms with Gasteiger partial charge in [0.1, 0.15) is 47.0 Å². The van der Waals surface area contributed by atoms with Crippen molar-refractivity contribution in [3.05, 3.63) is 59.2 Å². The highest BCUT2D eigenvalue weighted by atomic mass is 19.1. The molecule has 0 aliphatic carbocycles. The molecule has 30 heavy (non-hydrogen) atoms. The monoisotopic (exact) mass is 419 g/mol. The van der Waals surface area contributed by atoms with E-state index in [0.717, 1.165) is 11.1 Å². The van der Waals surface area contributed by atoms with Crippen molar-refractivity contribution in [2.75, 3.05) is 13.1 Å². The Morgan fingerprint density at radius 1 is 1.03 bits per heavy atom. The lowest BCUT2D eigenvalue weighted by Crippen LogP contribution is -2.53. The number of benzene rings is 2. The van der Waals surface area contributed by atoms with E-state index >= 15 is 0 Å². The summed E-state index contributed by atoms with van der Waals surface area (Å²) in [5, 5.41) is 24.3. The van der Waals surface area contributed by atoms with Gasteiger partial charge in [0.25, 0.3) is 0 Å². The number of hydrogen-bond acceptors (Lipinski definition) is 5. The third-order valence-electron chi connectivity index (χ3n) is 6.08. The summed E-state index contributed by atoms with van der Waals surface area (Å²) in [7, 11) is 0. The second kappa shape index (κ2) is 8.49. The van der Waals surface area contributed by atoms with Crippen LogP contribution in [0.2, 0.25) is 0 Å². The molecule has 0 amide bonds. The van der Waals surface area contributed by atoms with E-state index in [4.69, 9.17) is 9.47 Å². The Balaban J connectivity index is 1.28. The topological polar surface area (TPSA) is 71.0 Å². The van der Waals surface area contributed by atoms with Crippen LogP contribution in [-0.2, 0) is 12.8 Å². The predicted molar refractivity (Wildman–Crippen MR) is 108 cm³/mol. The number of aliphatic hydroxyl groups is 2. The minimum absolute atomic E-state index is 0.235. The molecule has 162 valence electrons. The van der Waals surface area contributed by atoms with Crippen molar-refractivity contribution >= 4 is 0 Å². The molecule has 0 radical (unpaired) electrons. The molecule has 0 bridgehead atoms. The fourth-order valence-electron chi connectivity index (χ4n) is 4.13. The Kier molecular flexibility index (Phi) is 5.95. The highest BCUT2D eigenvalue weighted by Crippen LogP contribution is 2.35. The first-order valence-electron chi connectivity index (χ1n) is 10.3. The Labute approximate surface area is 174 Å². The van der Waals surface area contributed by atoms with Gasteiger partial charge in [0.15, 0.2) is 0 Å². The third kappa shape index (κ3) is 4.43. The molecule has 2 aromatic rings. The normalized spacial score (nSPS) is 24.8. The third-order valence-corrected chi connectivity index (χ3v) is 6.08. The molecule has 7 heteroatoms. The van der Waals surface area contributed by atoms with Crippen molar-refractivity contribution in [1.82, 2.24) is 5.32 Å². The van der Waals surface area contributed by atoms with E-state index < -0.39 is 23.9 Å². The Morgan fingerprint density at radius 2 is 1.70 bits per heavy atom. The Hall–Kier alpha value is -2.22. The van der Waals surface area contributed by atoms with Gasteiger partial charge in [0.2, 0.25) is 0 Å². The molecule has 4 atom stereocenters. The molecular formula is C23H27F2NO4. The largest absolute Gasteiger partial charge is 0.487 e.